The van der Waals surface area contributed by atoms with Gasteiger partial charge >= 0.3 is 0 Å². The van der Waals surface area contributed by atoms with Gasteiger partial charge in [0.15, 0.2) is 5.76 Å². The van der Waals surface area contributed by atoms with Gasteiger partial charge in [0.1, 0.15) is 5.69 Å². The molecule has 1 aliphatic heterocycles. The molecule has 2 aromatic carbocycles. The van der Waals surface area contributed by atoms with E-state index in [1.165, 1.54) is 5.56 Å². The number of para-hydroxylation sites is 1. The van der Waals surface area contributed by atoms with Crippen molar-refractivity contribution >= 4 is 16.8 Å². The van der Waals surface area contributed by atoms with Crippen molar-refractivity contribution in [1.82, 2.24) is 9.88 Å². The monoisotopic (exact) mass is 396 g/mol. The van der Waals surface area contributed by atoms with Crippen LogP contribution < -0.4 is 0 Å². The second-order valence-electron chi connectivity index (χ2n) is 7.97. The second kappa shape index (κ2) is 8.15. The average Bonchev–Trinajstić information content (AvgIpc) is 3.34. The zero-order valence-corrected chi connectivity index (χ0v) is 16.8. The number of rotatable bonds is 4. The molecule has 2 aromatic heterocycles. The summed E-state index contributed by atoms with van der Waals surface area (Å²) in [5.41, 5.74) is 3.59. The van der Waals surface area contributed by atoms with Crippen molar-refractivity contribution in [2.75, 3.05) is 13.1 Å². The van der Waals surface area contributed by atoms with E-state index in [0.29, 0.717) is 22.9 Å². The highest BCUT2D eigenvalue weighted by molar-refractivity contribution is 6.07. The normalized spacial score (nSPS) is 14.9. The Bertz CT molecular complexity index is 1140. The molecule has 150 valence electrons. The second-order valence-corrected chi connectivity index (χ2v) is 7.97. The van der Waals surface area contributed by atoms with E-state index in [-0.39, 0.29) is 5.91 Å². The molecule has 0 N–H and O–H groups in total. The van der Waals surface area contributed by atoms with Gasteiger partial charge in [0, 0.05) is 18.5 Å². The molecule has 5 rings (SSSR count). The quantitative estimate of drug-likeness (QED) is 0.452. The van der Waals surface area contributed by atoms with Crippen LogP contribution in [0.25, 0.3) is 22.4 Å². The van der Waals surface area contributed by atoms with Crippen molar-refractivity contribution in [3.05, 3.63) is 90.2 Å². The van der Waals surface area contributed by atoms with E-state index >= 15 is 0 Å². The maximum atomic E-state index is 13.5. The standard InChI is InChI=1S/C26H24N2O2/c29-26(28-14-12-20(13-15-28)17-19-7-2-1-3-8-19)22-18-24(25-11-6-16-30-25)27-23-10-5-4-9-21(22)23/h1-11,16,18,20H,12-15,17H2. The highest BCUT2D eigenvalue weighted by Gasteiger charge is 2.25. The van der Waals surface area contributed by atoms with Crippen LogP contribution in [0.15, 0.2) is 83.5 Å². The molecule has 4 nitrogen and oxygen atoms in total. The van der Waals surface area contributed by atoms with Gasteiger partial charge in [-0.3, -0.25) is 4.79 Å². The van der Waals surface area contributed by atoms with Crippen LogP contribution in [0, 0.1) is 5.92 Å². The van der Waals surface area contributed by atoms with Crippen LogP contribution in [0.2, 0.25) is 0 Å². The molecule has 3 heterocycles. The smallest absolute Gasteiger partial charge is 0.254 e. The maximum absolute atomic E-state index is 13.5. The number of hydrogen-bond donors (Lipinski definition) is 0. The van der Waals surface area contributed by atoms with Crippen molar-refractivity contribution in [3.8, 4) is 11.5 Å². The molecule has 0 radical (unpaired) electrons. The van der Waals surface area contributed by atoms with Gasteiger partial charge in [-0.15, -0.1) is 0 Å². The highest BCUT2D eigenvalue weighted by atomic mass is 16.3. The molecule has 0 unspecified atom stereocenters. The van der Waals surface area contributed by atoms with Crippen LogP contribution in [-0.4, -0.2) is 28.9 Å². The van der Waals surface area contributed by atoms with Gasteiger partial charge in [-0.05, 0) is 55.0 Å². The Hall–Kier alpha value is -3.40. The first-order chi connectivity index (χ1) is 14.8. The van der Waals surface area contributed by atoms with E-state index < -0.39 is 0 Å². The fourth-order valence-electron chi connectivity index (χ4n) is 4.36. The number of carbonyl (C=O) groups excluding carboxylic acids is 1. The zero-order valence-electron chi connectivity index (χ0n) is 16.8. The third kappa shape index (κ3) is 3.73. The summed E-state index contributed by atoms with van der Waals surface area (Å²) in [6.07, 6.45) is 4.79. The van der Waals surface area contributed by atoms with E-state index in [4.69, 9.17) is 9.40 Å². The van der Waals surface area contributed by atoms with Crippen LogP contribution in [0.1, 0.15) is 28.8 Å². The summed E-state index contributed by atoms with van der Waals surface area (Å²) in [5, 5.41) is 0.893. The van der Waals surface area contributed by atoms with Gasteiger partial charge in [0.2, 0.25) is 0 Å². The van der Waals surface area contributed by atoms with Crippen LogP contribution in [0.4, 0.5) is 0 Å². The Kier molecular flexibility index (Phi) is 5.06. The average molecular weight is 396 g/mol. The topological polar surface area (TPSA) is 46.3 Å². The lowest BCUT2D eigenvalue weighted by Gasteiger charge is -2.32. The third-order valence-corrected chi connectivity index (χ3v) is 5.99. The minimum atomic E-state index is 0.0829. The number of aromatic nitrogens is 1. The number of piperidine rings is 1. The minimum absolute atomic E-state index is 0.0829. The van der Waals surface area contributed by atoms with Crippen molar-refractivity contribution in [2.24, 2.45) is 5.92 Å². The van der Waals surface area contributed by atoms with Gasteiger partial charge in [-0.25, -0.2) is 4.98 Å². The summed E-state index contributed by atoms with van der Waals surface area (Å²) < 4.78 is 5.53. The summed E-state index contributed by atoms with van der Waals surface area (Å²) in [6.45, 7) is 1.59. The molecular weight excluding hydrogens is 372 g/mol. The van der Waals surface area contributed by atoms with Crippen LogP contribution in [0.5, 0.6) is 0 Å². The molecule has 0 atom stereocenters. The number of hydrogen-bond acceptors (Lipinski definition) is 3. The molecule has 1 amide bonds. The molecular formula is C26H24N2O2. The van der Waals surface area contributed by atoms with Crippen molar-refractivity contribution in [2.45, 2.75) is 19.3 Å². The lowest BCUT2D eigenvalue weighted by Crippen LogP contribution is -2.39. The zero-order chi connectivity index (χ0) is 20.3. The van der Waals surface area contributed by atoms with E-state index in [1.54, 1.807) is 6.26 Å². The van der Waals surface area contributed by atoms with Gasteiger partial charge in [-0.1, -0.05) is 48.5 Å². The maximum Gasteiger partial charge on any atom is 0.254 e. The van der Waals surface area contributed by atoms with Crippen LogP contribution >= 0.6 is 0 Å². The molecule has 1 saturated heterocycles. The molecule has 4 heteroatoms. The van der Waals surface area contributed by atoms with Gasteiger partial charge in [-0.2, -0.15) is 0 Å². The van der Waals surface area contributed by atoms with E-state index in [2.05, 4.69) is 30.3 Å². The van der Waals surface area contributed by atoms with Crippen molar-refractivity contribution < 1.29 is 9.21 Å². The van der Waals surface area contributed by atoms with Crippen LogP contribution in [-0.2, 0) is 6.42 Å². The Morgan fingerprint density at radius 1 is 0.967 bits per heavy atom. The third-order valence-electron chi connectivity index (χ3n) is 5.99. The summed E-state index contributed by atoms with van der Waals surface area (Å²) in [4.78, 5) is 20.2. The van der Waals surface area contributed by atoms with Gasteiger partial charge in [0.25, 0.3) is 5.91 Å². The fraction of sp³-hybridized carbons (Fsp3) is 0.231. The number of likely N-dealkylation sites (tertiary alicyclic amines) is 1. The Labute approximate surface area is 176 Å². The molecule has 0 saturated carbocycles. The largest absolute Gasteiger partial charge is 0.463 e. The number of benzene rings is 2. The van der Waals surface area contributed by atoms with Crippen molar-refractivity contribution in [3.63, 3.8) is 0 Å². The summed E-state index contributed by atoms with van der Waals surface area (Å²) in [6, 6.07) is 24.1. The first-order valence-corrected chi connectivity index (χ1v) is 10.5. The minimum Gasteiger partial charge on any atom is -0.463 e. The Morgan fingerprint density at radius 2 is 1.73 bits per heavy atom. The lowest BCUT2D eigenvalue weighted by molar-refractivity contribution is 0.0692. The molecule has 0 aliphatic carbocycles. The van der Waals surface area contributed by atoms with E-state index in [9.17, 15) is 4.79 Å². The molecule has 30 heavy (non-hydrogen) atoms. The van der Waals surface area contributed by atoms with Gasteiger partial charge < -0.3 is 9.32 Å². The molecule has 0 bridgehead atoms. The highest BCUT2D eigenvalue weighted by Crippen LogP contribution is 2.28. The SMILES string of the molecule is O=C(c1cc(-c2ccco2)nc2ccccc12)N1CCC(Cc2ccccc2)CC1. The Morgan fingerprint density at radius 3 is 2.50 bits per heavy atom. The van der Waals surface area contributed by atoms with E-state index in [1.807, 2.05) is 47.4 Å². The number of fused-ring (bicyclic) bond motifs is 1. The number of pyridine rings is 1. The molecule has 0 spiro atoms. The van der Waals surface area contributed by atoms with E-state index in [0.717, 1.165) is 43.3 Å². The summed E-state index contributed by atoms with van der Waals surface area (Å²) in [7, 11) is 0. The molecule has 1 aliphatic rings. The summed E-state index contributed by atoms with van der Waals surface area (Å²) >= 11 is 0. The number of carbonyl (C=O) groups is 1. The summed E-state index contributed by atoms with van der Waals surface area (Å²) in [5.74, 6) is 1.39. The first-order valence-electron chi connectivity index (χ1n) is 10.5. The number of nitrogens with zero attached hydrogens (tertiary/aromatic N) is 2. The van der Waals surface area contributed by atoms with Gasteiger partial charge in [0.05, 0.1) is 17.3 Å². The fourth-order valence-corrected chi connectivity index (χ4v) is 4.36. The Balaban J connectivity index is 1.37. The lowest BCUT2D eigenvalue weighted by atomic mass is 9.90. The molecule has 4 aromatic rings. The molecule has 1 fully saturated rings. The first kappa shape index (κ1) is 18.6. The predicted molar refractivity (Wildman–Crippen MR) is 118 cm³/mol. The van der Waals surface area contributed by atoms with Crippen LogP contribution in [0.3, 0.4) is 0 Å². The number of amides is 1. The predicted octanol–water partition coefficient (Wildman–Crippen LogP) is 5.59. The number of furan rings is 1. The van der Waals surface area contributed by atoms with Crippen molar-refractivity contribution in [1.29, 1.82) is 0 Å².